The fourth-order valence-electron chi connectivity index (χ4n) is 1.98. The third-order valence-electron chi connectivity index (χ3n) is 3.09. The first-order valence-corrected chi connectivity index (χ1v) is 6.79. The molecule has 0 fully saturated rings. The monoisotopic (exact) mass is 288 g/mol. The molecule has 2 aromatic carbocycles. The number of carbonyl (C=O) groups excluding carboxylic acids is 1. The lowest BCUT2D eigenvalue weighted by Gasteiger charge is -2.11. The number of hydrogen-bond donors (Lipinski definition) is 2. The number of nitrogens with one attached hydrogen (secondary N) is 2. The highest BCUT2D eigenvalue weighted by Crippen LogP contribution is 2.18. The van der Waals surface area contributed by atoms with Crippen molar-refractivity contribution >= 4 is 23.2 Å². The van der Waals surface area contributed by atoms with Crippen LogP contribution in [0.15, 0.2) is 42.5 Å². The summed E-state index contributed by atoms with van der Waals surface area (Å²) < 4.78 is 0. The molecule has 0 aliphatic heterocycles. The van der Waals surface area contributed by atoms with Crippen molar-refractivity contribution in [3.8, 4) is 0 Å². The van der Waals surface area contributed by atoms with E-state index in [9.17, 15) is 4.79 Å². The van der Waals surface area contributed by atoms with E-state index in [4.69, 9.17) is 11.6 Å². The van der Waals surface area contributed by atoms with Gasteiger partial charge < -0.3 is 10.6 Å². The number of hydrogen-bond acceptors (Lipinski definition) is 2. The minimum absolute atomic E-state index is 0.113. The first-order valence-electron chi connectivity index (χ1n) is 6.42. The molecule has 2 N–H and O–H groups in total. The standard InChI is InChI=1S/C16H17ClN2O/c1-11-7-8-15(18-2)13(9-11)16(20)19-10-12-5-3-4-6-14(12)17/h3-9,18H,10H2,1-2H3,(H,19,20). The normalized spacial score (nSPS) is 10.2. The SMILES string of the molecule is CNc1ccc(C)cc1C(=O)NCc1ccccc1Cl. The molecule has 0 saturated carbocycles. The van der Waals surface area contributed by atoms with Crippen molar-refractivity contribution in [1.29, 1.82) is 0 Å². The Hall–Kier alpha value is -2.00. The molecule has 2 rings (SSSR count). The highest BCUT2D eigenvalue weighted by molar-refractivity contribution is 6.31. The molecule has 0 aliphatic rings. The minimum Gasteiger partial charge on any atom is -0.387 e. The number of aryl methyl sites for hydroxylation is 1. The zero-order chi connectivity index (χ0) is 14.5. The van der Waals surface area contributed by atoms with Gasteiger partial charge in [-0.3, -0.25) is 4.79 Å². The van der Waals surface area contributed by atoms with Crippen LogP contribution in [0.4, 0.5) is 5.69 Å². The second-order valence-electron chi connectivity index (χ2n) is 4.57. The Labute approximate surface area is 124 Å². The molecule has 0 radical (unpaired) electrons. The van der Waals surface area contributed by atoms with Gasteiger partial charge in [-0.15, -0.1) is 0 Å². The Morgan fingerprint density at radius 3 is 2.65 bits per heavy atom. The third-order valence-corrected chi connectivity index (χ3v) is 3.45. The summed E-state index contributed by atoms with van der Waals surface area (Å²) in [4.78, 5) is 12.3. The molecule has 0 saturated heterocycles. The largest absolute Gasteiger partial charge is 0.387 e. The maximum absolute atomic E-state index is 12.3. The molecule has 104 valence electrons. The van der Waals surface area contributed by atoms with Crippen LogP contribution in [0.2, 0.25) is 5.02 Å². The van der Waals surface area contributed by atoms with Crippen LogP contribution in [-0.2, 0) is 6.54 Å². The van der Waals surface area contributed by atoms with Gasteiger partial charge in [0.1, 0.15) is 0 Å². The number of benzene rings is 2. The van der Waals surface area contributed by atoms with Crippen LogP contribution >= 0.6 is 11.6 Å². The van der Waals surface area contributed by atoms with Crippen LogP contribution < -0.4 is 10.6 Å². The first-order chi connectivity index (χ1) is 9.61. The quantitative estimate of drug-likeness (QED) is 0.902. The molecule has 2 aromatic rings. The summed E-state index contributed by atoms with van der Waals surface area (Å²) >= 11 is 6.07. The molecule has 0 bridgehead atoms. The van der Waals surface area contributed by atoms with Crippen LogP contribution in [0.1, 0.15) is 21.5 Å². The van der Waals surface area contributed by atoms with Crippen LogP contribution in [0.5, 0.6) is 0 Å². The van der Waals surface area contributed by atoms with Crippen molar-refractivity contribution in [3.63, 3.8) is 0 Å². The van der Waals surface area contributed by atoms with Crippen molar-refractivity contribution in [1.82, 2.24) is 5.32 Å². The maximum Gasteiger partial charge on any atom is 0.253 e. The molecule has 1 amide bonds. The molecule has 0 spiro atoms. The van der Waals surface area contributed by atoms with Crippen molar-refractivity contribution < 1.29 is 4.79 Å². The minimum atomic E-state index is -0.113. The summed E-state index contributed by atoms with van der Waals surface area (Å²) in [6.45, 7) is 2.37. The second kappa shape index (κ2) is 6.44. The lowest BCUT2D eigenvalue weighted by molar-refractivity contribution is 0.0951. The molecule has 0 unspecified atom stereocenters. The van der Waals surface area contributed by atoms with Crippen molar-refractivity contribution in [2.45, 2.75) is 13.5 Å². The van der Waals surface area contributed by atoms with E-state index in [1.54, 1.807) is 7.05 Å². The van der Waals surface area contributed by atoms with Gasteiger partial charge in [-0.2, -0.15) is 0 Å². The van der Waals surface area contributed by atoms with Crippen LogP contribution in [0.25, 0.3) is 0 Å². The molecule has 3 nitrogen and oxygen atoms in total. The van der Waals surface area contributed by atoms with E-state index in [2.05, 4.69) is 10.6 Å². The predicted molar refractivity (Wildman–Crippen MR) is 83.3 cm³/mol. The van der Waals surface area contributed by atoms with Crippen molar-refractivity contribution in [3.05, 3.63) is 64.2 Å². The second-order valence-corrected chi connectivity index (χ2v) is 4.98. The van der Waals surface area contributed by atoms with E-state index in [1.165, 1.54) is 0 Å². The fourth-order valence-corrected chi connectivity index (χ4v) is 2.18. The Morgan fingerprint density at radius 1 is 1.20 bits per heavy atom. The summed E-state index contributed by atoms with van der Waals surface area (Å²) in [7, 11) is 1.80. The average Bonchev–Trinajstić information content (AvgIpc) is 2.46. The predicted octanol–water partition coefficient (Wildman–Crippen LogP) is 3.62. The van der Waals surface area contributed by atoms with Crippen LogP contribution in [0, 0.1) is 6.92 Å². The van der Waals surface area contributed by atoms with Gasteiger partial charge in [-0.1, -0.05) is 41.4 Å². The average molecular weight is 289 g/mol. The lowest BCUT2D eigenvalue weighted by Crippen LogP contribution is -2.24. The smallest absolute Gasteiger partial charge is 0.253 e. The number of rotatable bonds is 4. The molecule has 4 heteroatoms. The van der Waals surface area contributed by atoms with Crippen LogP contribution in [-0.4, -0.2) is 13.0 Å². The number of carbonyl (C=O) groups is 1. The Balaban J connectivity index is 2.13. The molecule has 0 atom stereocenters. The van der Waals surface area contributed by atoms with Crippen molar-refractivity contribution in [2.24, 2.45) is 0 Å². The van der Waals surface area contributed by atoms with E-state index < -0.39 is 0 Å². The molecule has 0 aliphatic carbocycles. The highest BCUT2D eigenvalue weighted by Gasteiger charge is 2.11. The number of halogens is 1. The Bertz CT molecular complexity index is 626. The van der Waals surface area contributed by atoms with E-state index in [0.29, 0.717) is 17.1 Å². The molecule has 0 heterocycles. The Morgan fingerprint density at radius 2 is 1.95 bits per heavy atom. The zero-order valence-corrected chi connectivity index (χ0v) is 12.3. The van der Waals surface area contributed by atoms with Gasteiger partial charge in [-0.25, -0.2) is 0 Å². The third kappa shape index (κ3) is 3.31. The Kier molecular flexibility index (Phi) is 4.64. The van der Waals surface area contributed by atoms with Crippen LogP contribution in [0.3, 0.4) is 0 Å². The van der Waals surface area contributed by atoms with E-state index in [-0.39, 0.29) is 5.91 Å². The number of anilines is 1. The highest BCUT2D eigenvalue weighted by atomic mass is 35.5. The summed E-state index contributed by atoms with van der Waals surface area (Å²) in [5, 5.41) is 6.58. The first kappa shape index (κ1) is 14.4. The van der Waals surface area contributed by atoms with E-state index >= 15 is 0 Å². The summed E-state index contributed by atoms with van der Waals surface area (Å²) in [6, 6.07) is 13.2. The van der Waals surface area contributed by atoms with Gasteiger partial charge in [0.25, 0.3) is 5.91 Å². The zero-order valence-electron chi connectivity index (χ0n) is 11.5. The van der Waals surface area contributed by atoms with Gasteiger partial charge in [0, 0.05) is 24.3 Å². The van der Waals surface area contributed by atoms with Gasteiger partial charge in [-0.05, 0) is 30.7 Å². The van der Waals surface area contributed by atoms with Gasteiger partial charge >= 0.3 is 0 Å². The van der Waals surface area contributed by atoms with E-state index in [0.717, 1.165) is 16.8 Å². The van der Waals surface area contributed by atoms with Gasteiger partial charge in [0.05, 0.1) is 5.56 Å². The van der Waals surface area contributed by atoms with E-state index in [1.807, 2.05) is 49.4 Å². The molecule has 20 heavy (non-hydrogen) atoms. The summed E-state index contributed by atoms with van der Waals surface area (Å²) in [5.41, 5.74) is 3.40. The number of amides is 1. The van der Waals surface area contributed by atoms with Gasteiger partial charge in [0.2, 0.25) is 0 Å². The molecule has 0 aromatic heterocycles. The summed E-state index contributed by atoms with van der Waals surface area (Å²) in [5.74, 6) is -0.113. The van der Waals surface area contributed by atoms with Gasteiger partial charge in [0.15, 0.2) is 0 Å². The topological polar surface area (TPSA) is 41.1 Å². The fraction of sp³-hybridized carbons (Fsp3) is 0.188. The molecular formula is C16H17ClN2O. The maximum atomic E-state index is 12.3. The van der Waals surface area contributed by atoms with Crippen molar-refractivity contribution in [2.75, 3.05) is 12.4 Å². The summed E-state index contributed by atoms with van der Waals surface area (Å²) in [6.07, 6.45) is 0. The lowest BCUT2D eigenvalue weighted by atomic mass is 10.1. The molecular weight excluding hydrogens is 272 g/mol.